The minimum Gasteiger partial charge on any atom is -0.481 e. The largest absolute Gasteiger partial charge is 0.481 e. The zero-order valence-electron chi connectivity index (χ0n) is 51.2. The summed E-state index contributed by atoms with van der Waals surface area (Å²) in [5.41, 5.74) is 18.5. The van der Waals surface area contributed by atoms with Gasteiger partial charge in [-0.2, -0.15) is 37.9 Å². The topological polar surface area (TPSA) is 509 Å². The second-order valence-electron chi connectivity index (χ2n) is 21.2. The number of guanidine groups is 1. The van der Waals surface area contributed by atoms with E-state index in [0.29, 0.717) is 40.6 Å². The number of aromatic nitrogens is 3. The number of aromatic amines is 2. The van der Waals surface area contributed by atoms with Crippen LogP contribution in [0.5, 0.6) is 0 Å². The van der Waals surface area contributed by atoms with Gasteiger partial charge in [0, 0.05) is 85.4 Å². The van der Waals surface area contributed by atoms with Gasteiger partial charge in [0.05, 0.1) is 19.4 Å². The molecular weight excluding hydrogens is 1270 g/mol. The molecule has 0 aliphatic heterocycles. The molecule has 4 aromatic rings. The summed E-state index contributed by atoms with van der Waals surface area (Å²) < 4.78 is 0. The molecule has 0 bridgehead atoms. The number of imide groups is 1. The predicted molar refractivity (Wildman–Crippen MR) is 351 cm³/mol. The number of carboxylic acid groups (broad SMARTS) is 1. The molecule has 2 heterocycles. The minimum absolute atomic E-state index is 0.0430. The van der Waals surface area contributed by atoms with Gasteiger partial charge in [-0.3, -0.25) is 72.6 Å². The second kappa shape index (κ2) is 39.9. The Labute approximate surface area is 551 Å². The lowest BCUT2D eigenvalue weighted by molar-refractivity contribution is -0.139. The highest BCUT2D eigenvalue weighted by molar-refractivity contribution is 7.80. The fraction of sp³-hybridized carbons (Fsp3) is 0.466. The number of H-pyrrole nitrogens is 2. The molecule has 0 radical (unpaired) electrons. The van der Waals surface area contributed by atoms with E-state index in [4.69, 9.17) is 17.2 Å². The number of aliphatic carboxylic acids is 1. The summed E-state index contributed by atoms with van der Waals surface area (Å²) in [6.45, 7) is 2.08. The summed E-state index contributed by atoms with van der Waals surface area (Å²) in [5.74, 6) is -13.0. The Morgan fingerprint density at radius 3 is 1.59 bits per heavy atom. The molecule has 0 aliphatic carbocycles. The maximum atomic E-state index is 14.9. The quantitative estimate of drug-likeness (QED) is 0.00871. The number of hydrogen-bond acceptors (Lipinski definition) is 19. The van der Waals surface area contributed by atoms with Crippen molar-refractivity contribution < 1.29 is 67.4 Å². The first-order chi connectivity index (χ1) is 44.4. The van der Waals surface area contributed by atoms with Crippen molar-refractivity contribution in [2.24, 2.45) is 22.2 Å². The Bertz CT molecular complexity index is 3240. The average molecular weight is 1350 g/mol. The zero-order chi connectivity index (χ0) is 68.6. The van der Waals surface area contributed by atoms with Crippen molar-refractivity contribution in [3.8, 4) is 0 Å². The highest BCUT2D eigenvalue weighted by Crippen LogP contribution is 2.20. The Morgan fingerprint density at radius 1 is 0.559 bits per heavy atom. The molecule has 0 spiro atoms. The number of carbonyl (C=O) groups excluding carboxylic acids is 12. The number of carbonyl (C=O) groups is 13. The van der Waals surface area contributed by atoms with E-state index in [9.17, 15) is 67.4 Å². The summed E-state index contributed by atoms with van der Waals surface area (Å²) in [6.07, 6.45) is 3.33. The third kappa shape index (κ3) is 26.5. The lowest BCUT2D eigenvalue weighted by atomic mass is 10.0. The van der Waals surface area contributed by atoms with E-state index in [1.165, 1.54) is 19.4 Å². The van der Waals surface area contributed by atoms with Crippen LogP contribution in [0.15, 0.2) is 78.3 Å². The fourth-order valence-electron chi connectivity index (χ4n) is 9.13. The number of unbranched alkanes of at least 4 members (excludes halogenated alkanes) is 1. The molecule has 2 aromatic heterocycles. The highest BCUT2D eigenvalue weighted by atomic mass is 32.1. The van der Waals surface area contributed by atoms with Crippen LogP contribution in [0.2, 0.25) is 0 Å². The van der Waals surface area contributed by atoms with Gasteiger partial charge in [-0.1, -0.05) is 68.3 Å². The molecule has 35 heteroatoms. The summed E-state index contributed by atoms with van der Waals surface area (Å²) in [6, 6.07) is 2.21. The van der Waals surface area contributed by atoms with Gasteiger partial charge in [-0.05, 0) is 42.9 Å². The molecular formula is C58H82N18O14S3. The monoisotopic (exact) mass is 1350 g/mol. The van der Waals surface area contributed by atoms with E-state index >= 15 is 0 Å². The number of rotatable bonds is 40. The van der Waals surface area contributed by atoms with Crippen molar-refractivity contribution in [1.82, 2.24) is 73.4 Å². The number of hydrogen-bond donors (Lipinski definition) is 20. The molecule has 0 saturated heterocycles. The van der Waals surface area contributed by atoms with E-state index in [-0.39, 0.29) is 74.8 Å². The first-order valence-electron chi connectivity index (χ1n) is 29.6. The van der Waals surface area contributed by atoms with E-state index in [1.807, 2.05) is 6.92 Å². The first-order valence-corrected chi connectivity index (χ1v) is 31.5. The average Bonchev–Trinajstić information content (AvgIpc) is 1.80. The Morgan fingerprint density at radius 2 is 1.04 bits per heavy atom. The molecule has 0 saturated carbocycles. The van der Waals surface area contributed by atoms with Gasteiger partial charge in [0.15, 0.2) is 5.96 Å². The van der Waals surface area contributed by atoms with Crippen LogP contribution in [0.3, 0.4) is 0 Å². The van der Waals surface area contributed by atoms with Gasteiger partial charge < -0.3 is 85.4 Å². The number of fused-ring (bicyclic) bond motifs is 1. The molecule has 20 N–H and O–H groups in total. The van der Waals surface area contributed by atoms with Gasteiger partial charge in [-0.15, -0.1) is 0 Å². The van der Waals surface area contributed by atoms with E-state index in [0.717, 1.165) is 0 Å². The summed E-state index contributed by atoms with van der Waals surface area (Å²) >= 11 is 12.5. The number of carboxylic acids is 1. The van der Waals surface area contributed by atoms with Crippen molar-refractivity contribution in [3.63, 3.8) is 0 Å². The first kappa shape index (κ1) is 76.2. The molecule has 2 aromatic carbocycles. The van der Waals surface area contributed by atoms with Gasteiger partial charge in [0.25, 0.3) is 0 Å². The summed E-state index contributed by atoms with van der Waals surface area (Å²) in [7, 11) is 0. The van der Waals surface area contributed by atoms with Crippen LogP contribution in [0, 0.1) is 0 Å². The molecule has 506 valence electrons. The number of nitrogens with zero attached hydrogens (tertiary/aromatic N) is 2. The Kier molecular flexibility index (Phi) is 32.7. The van der Waals surface area contributed by atoms with Crippen molar-refractivity contribution in [3.05, 3.63) is 90.1 Å². The van der Waals surface area contributed by atoms with Crippen molar-refractivity contribution in [2.75, 3.05) is 36.9 Å². The van der Waals surface area contributed by atoms with Crippen LogP contribution in [0.4, 0.5) is 0 Å². The number of imidazole rings is 1. The molecule has 12 amide bonds. The van der Waals surface area contributed by atoms with Gasteiger partial charge in [0.1, 0.15) is 54.4 Å². The van der Waals surface area contributed by atoms with Crippen LogP contribution < -0.4 is 75.7 Å². The zero-order valence-corrected chi connectivity index (χ0v) is 53.8. The lowest BCUT2D eigenvalue weighted by Crippen LogP contribution is -2.61. The molecule has 0 aliphatic rings. The summed E-state index contributed by atoms with van der Waals surface area (Å²) in [4.78, 5) is 189. The van der Waals surface area contributed by atoms with Gasteiger partial charge >= 0.3 is 5.97 Å². The SMILES string of the molecule is CCCC[C@H](NC(=O)CNC(=O)CN)C(=O)NC(=O)[C@H](CS)NC(=O)[C@H](Cc1c[nH]c2ccccc12)NC(=O)[C@H](CCCN=C(N)N)NC(=O)[C@@H](Cc1ccccc1)NC(=O)[C@H](Cc1cnc[nH]1)NC(=O)[C@H](CCC(=O)O)NC(=O)[C@H](CS)NC(=O)[C@H](CS)NC(C)=O. The standard InChI is InChI=1S/C58H82N18O14S3/c1-3-4-14-37(68-47(79)26-65-46(78)23-59)51(84)76-57(90)45(29-93)74-53(86)41(21-33-24-64-36-15-9-8-13-35(33)36)72-49(82)38(16-10-19-63-58(60)61)69-52(85)40(20-32-11-6-5-7-12-32)71-54(87)42(22-34-25-62-30-66-34)73-50(83)39(17-18-48(80)81)70-56(89)44(28-92)75-55(88)43(27-91)67-31(2)77/h5-9,11-13,15,24-25,30,37-45,64,91-93H,3-4,10,14,16-23,26-29,59H2,1-2H3,(H,62,66)(H,65,78)(H,67,77)(H,68,79)(H,69,85)(H,70,89)(H,71,87)(H,72,82)(H,73,83)(H,74,86)(H,75,88)(H,80,81)(H4,60,61,63)(H,76,84,90)/t37-,38-,39-,40+,41-,42-,43-,44-,45-/m0/s1. The number of nitrogens with two attached hydrogens (primary N) is 3. The van der Waals surface area contributed by atoms with Crippen LogP contribution in [0.1, 0.15) is 75.6 Å². The van der Waals surface area contributed by atoms with Crippen LogP contribution in [0.25, 0.3) is 10.9 Å². The number of amides is 12. The lowest BCUT2D eigenvalue weighted by Gasteiger charge is -2.28. The molecule has 32 nitrogen and oxygen atoms in total. The van der Waals surface area contributed by atoms with Crippen LogP contribution >= 0.6 is 37.9 Å². The van der Waals surface area contributed by atoms with Crippen molar-refractivity contribution in [1.29, 1.82) is 0 Å². The van der Waals surface area contributed by atoms with Crippen molar-refractivity contribution >= 4 is 132 Å². The second-order valence-corrected chi connectivity index (χ2v) is 22.3. The van der Waals surface area contributed by atoms with E-state index < -0.39 is 151 Å². The fourth-order valence-corrected chi connectivity index (χ4v) is 9.90. The van der Waals surface area contributed by atoms with E-state index in [2.05, 4.69) is 116 Å². The number of aliphatic imine (C=N–C) groups is 1. The maximum Gasteiger partial charge on any atom is 0.303 e. The smallest absolute Gasteiger partial charge is 0.303 e. The van der Waals surface area contributed by atoms with Crippen molar-refractivity contribution in [2.45, 2.75) is 132 Å². The third-order valence-corrected chi connectivity index (χ3v) is 15.1. The molecule has 0 unspecified atom stereocenters. The molecule has 4 rings (SSSR count). The normalized spacial score (nSPS) is 13.8. The highest BCUT2D eigenvalue weighted by Gasteiger charge is 2.36. The number of thiol groups is 3. The molecule has 93 heavy (non-hydrogen) atoms. The maximum absolute atomic E-state index is 14.9. The predicted octanol–water partition coefficient (Wildman–Crippen LogP) is -4.08. The molecule has 9 atom stereocenters. The number of para-hydroxylation sites is 1. The molecule has 0 fully saturated rings. The van der Waals surface area contributed by atoms with Gasteiger partial charge in [-0.25, -0.2) is 4.98 Å². The Balaban J connectivity index is 1.69. The van der Waals surface area contributed by atoms with E-state index in [1.54, 1.807) is 60.8 Å². The number of benzene rings is 2. The Hall–Kier alpha value is -9.22. The summed E-state index contributed by atoms with van der Waals surface area (Å²) in [5, 5.41) is 37.7. The van der Waals surface area contributed by atoms with Crippen LogP contribution in [-0.4, -0.2) is 194 Å². The minimum atomic E-state index is -1.66. The third-order valence-electron chi connectivity index (χ3n) is 14.0. The van der Waals surface area contributed by atoms with Gasteiger partial charge in [0.2, 0.25) is 70.9 Å². The van der Waals surface area contributed by atoms with Crippen LogP contribution in [-0.2, 0) is 81.6 Å². The number of nitrogens with one attached hydrogen (secondary N) is 13.